The van der Waals surface area contributed by atoms with Crippen molar-refractivity contribution >= 4 is 17.2 Å². The molecule has 1 aromatic carbocycles. The number of benzene rings is 1. The van der Waals surface area contributed by atoms with Crippen LogP contribution in [0.15, 0.2) is 18.2 Å². The summed E-state index contributed by atoms with van der Waals surface area (Å²) in [5, 5.41) is 0.995. The average molecular weight is 301 g/mol. The molecular formula is C19H27NO2. The van der Waals surface area contributed by atoms with Crippen LogP contribution in [0.25, 0.3) is 10.9 Å². The predicted molar refractivity (Wildman–Crippen MR) is 91.9 cm³/mol. The van der Waals surface area contributed by atoms with Crippen LogP contribution in [-0.2, 0) is 6.54 Å². The van der Waals surface area contributed by atoms with Crippen LogP contribution in [0.3, 0.4) is 0 Å². The summed E-state index contributed by atoms with van der Waals surface area (Å²) >= 11 is 0. The van der Waals surface area contributed by atoms with Gasteiger partial charge in [-0.05, 0) is 44.4 Å². The van der Waals surface area contributed by atoms with Gasteiger partial charge in [-0.25, -0.2) is 0 Å². The lowest BCUT2D eigenvalue weighted by Gasteiger charge is -2.14. The van der Waals surface area contributed by atoms with E-state index in [0.29, 0.717) is 5.92 Å². The van der Waals surface area contributed by atoms with Crippen molar-refractivity contribution in [3.05, 3.63) is 29.5 Å². The fraction of sp³-hybridized carbons (Fsp3) is 0.526. The Hall–Kier alpha value is -1.77. The standard InChI is InChI=1S/C19H27NO2/c1-6-7-14(4)22-16-8-9-19-17(10-16)18(12-21)15(5)20(19)11-13(2)3/h8-10,12-14H,6-7,11H2,1-5H3/t14-/m1/s1. The number of ether oxygens (including phenoxy) is 1. The number of aromatic nitrogens is 1. The minimum atomic E-state index is 0.195. The minimum absolute atomic E-state index is 0.195. The van der Waals surface area contributed by atoms with Crippen molar-refractivity contribution in [2.24, 2.45) is 5.92 Å². The molecule has 1 heterocycles. The molecule has 1 atom stereocenters. The molecule has 0 saturated heterocycles. The van der Waals surface area contributed by atoms with Gasteiger partial charge in [-0.1, -0.05) is 27.2 Å². The molecule has 2 aromatic rings. The molecule has 22 heavy (non-hydrogen) atoms. The molecule has 0 amide bonds. The van der Waals surface area contributed by atoms with Gasteiger partial charge in [0.25, 0.3) is 0 Å². The largest absolute Gasteiger partial charge is 0.491 e. The van der Waals surface area contributed by atoms with E-state index in [1.165, 1.54) is 0 Å². The van der Waals surface area contributed by atoms with E-state index in [0.717, 1.165) is 53.6 Å². The van der Waals surface area contributed by atoms with Crippen molar-refractivity contribution < 1.29 is 9.53 Å². The molecule has 0 unspecified atom stereocenters. The Morgan fingerprint density at radius 3 is 2.59 bits per heavy atom. The van der Waals surface area contributed by atoms with Crippen LogP contribution in [-0.4, -0.2) is 17.0 Å². The number of fused-ring (bicyclic) bond motifs is 1. The molecule has 0 fully saturated rings. The maximum absolute atomic E-state index is 11.5. The van der Waals surface area contributed by atoms with Crippen molar-refractivity contribution in [3.8, 4) is 5.75 Å². The highest BCUT2D eigenvalue weighted by Gasteiger charge is 2.15. The smallest absolute Gasteiger partial charge is 0.152 e. The van der Waals surface area contributed by atoms with Crippen LogP contribution >= 0.6 is 0 Å². The number of rotatable bonds is 7. The number of hydrogen-bond acceptors (Lipinski definition) is 2. The number of aldehydes is 1. The lowest BCUT2D eigenvalue weighted by atomic mass is 10.1. The van der Waals surface area contributed by atoms with Crippen LogP contribution in [0.4, 0.5) is 0 Å². The summed E-state index contributed by atoms with van der Waals surface area (Å²) in [4.78, 5) is 11.5. The predicted octanol–water partition coefficient (Wildman–Crippen LogP) is 4.99. The quantitative estimate of drug-likeness (QED) is 0.675. The Labute approximate surface area is 133 Å². The molecule has 3 nitrogen and oxygen atoms in total. The Morgan fingerprint density at radius 2 is 2.00 bits per heavy atom. The van der Waals surface area contributed by atoms with E-state index in [4.69, 9.17) is 4.74 Å². The zero-order chi connectivity index (χ0) is 16.3. The molecule has 1 aromatic heterocycles. The van der Waals surface area contributed by atoms with E-state index in [1.807, 2.05) is 19.1 Å². The van der Waals surface area contributed by atoms with Crippen molar-refractivity contribution in [1.29, 1.82) is 0 Å². The average Bonchev–Trinajstić information content (AvgIpc) is 2.70. The first kappa shape index (κ1) is 16.6. The molecule has 120 valence electrons. The van der Waals surface area contributed by atoms with Crippen molar-refractivity contribution in [2.45, 2.75) is 60.1 Å². The normalized spacial score (nSPS) is 12.8. The zero-order valence-corrected chi connectivity index (χ0v) is 14.3. The zero-order valence-electron chi connectivity index (χ0n) is 14.3. The lowest BCUT2D eigenvalue weighted by molar-refractivity contribution is 0.112. The number of nitrogens with zero attached hydrogens (tertiary/aromatic N) is 1. The maximum atomic E-state index is 11.5. The molecular weight excluding hydrogens is 274 g/mol. The molecule has 0 aliphatic heterocycles. The van der Waals surface area contributed by atoms with E-state index in [1.54, 1.807) is 0 Å². The minimum Gasteiger partial charge on any atom is -0.491 e. The van der Waals surface area contributed by atoms with Crippen molar-refractivity contribution in [1.82, 2.24) is 4.57 Å². The van der Waals surface area contributed by atoms with Crippen LogP contribution < -0.4 is 4.74 Å². The summed E-state index contributed by atoms with van der Waals surface area (Å²) in [7, 11) is 0. The SMILES string of the molecule is CCC[C@@H](C)Oc1ccc2c(c1)c(C=O)c(C)n2CC(C)C. The molecule has 0 N–H and O–H groups in total. The highest BCUT2D eigenvalue weighted by Crippen LogP contribution is 2.29. The second-order valence-electron chi connectivity index (χ2n) is 6.52. The highest BCUT2D eigenvalue weighted by atomic mass is 16.5. The molecule has 0 aliphatic carbocycles. The highest BCUT2D eigenvalue weighted by molar-refractivity contribution is 6.00. The lowest BCUT2D eigenvalue weighted by Crippen LogP contribution is -2.10. The Bertz CT molecular complexity index is 655. The van der Waals surface area contributed by atoms with Gasteiger partial charge in [0.1, 0.15) is 5.75 Å². The summed E-state index contributed by atoms with van der Waals surface area (Å²) in [5.41, 5.74) is 2.94. The van der Waals surface area contributed by atoms with Crippen molar-refractivity contribution in [2.75, 3.05) is 0 Å². The van der Waals surface area contributed by atoms with Crippen LogP contribution in [0.5, 0.6) is 5.75 Å². The molecule has 0 radical (unpaired) electrons. The van der Waals surface area contributed by atoms with Gasteiger partial charge >= 0.3 is 0 Å². The van der Waals surface area contributed by atoms with E-state index in [9.17, 15) is 4.79 Å². The van der Waals surface area contributed by atoms with E-state index in [-0.39, 0.29) is 6.10 Å². The fourth-order valence-corrected chi connectivity index (χ4v) is 3.01. The summed E-state index contributed by atoms with van der Waals surface area (Å²) in [6, 6.07) is 6.10. The van der Waals surface area contributed by atoms with E-state index in [2.05, 4.69) is 38.3 Å². The summed E-state index contributed by atoms with van der Waals surface area (Å²) < 4.78 is 8.21. The van der Waals surface area contributed by atoms with Gasteiger partial charge in [0.05, 0.1) is 6.10 Å². The van der Waals surface area contributed by atoms with Gasteiger partial charge in [0, 0.05) is 28.7 Å². The molecule has 0 aliphatic rings. The topological polar surface area (TPSA) is 31.2 Å². The van der Waals surface area contributed by atoms with Gasteiger partial charge < -0.3 is 9.30 Å². The number of carbonyl (C=O) groups is 1. The van der Waals surface area contributed by atoms with E-state index < -0.39 is 0 Å². The van der Waals surface area contributed by atoms with Crippen LogP contribution in [0.2, 0.25) is 0 Å². The number of hydrogen-bond donors (Lipinski definition) is 0. The second-order valence-corrected chi connectivity index (χ2v) is 6.52. The Kier molecular flexibility index (Phi) is 5.28. The third-order valence-corrected chi connectivity index (χ3v) is 4.04. The maximum Gasteiger partial charge on any atom is 0.152 e. The fourth-order valence-electron chi connectivity index (χ4n) is 3.01. The molecule has 2 rings (SSSR count). The summed E-state index contributed by atoms with van der Waals surface area (Å²) in [5.74, 6) is 1.38. The third-order valence-electron chi connectivity index (χ3n) is 4.04. The van der Waals surface area contributed by atoms with Crippen LogP contribution in [0.1, 0.15) is 56.6 Å². The first-order valence-corrected chi connectivity index (χ1v) is 8.22. The monoisotopic (exact) mass is 301 g/mol. The summed E-state index contributed by atoms with van der Waals surface area (Å²) in [6.45, 7) is 11.6. The van der Waals surface area contributed by atoms with Crippen LogP contribution in [0, 0.1) is 12.8 Å². The van der Waals surface area contributed by atoms with Crippen molar-refractivity contribution in [3.63, 3.8) is 0 Å². The van der Waals surface area contributed by atoms with Gasteiger partial charge in [-0.3, -0.25) is 4.79 Å². The first-order valence-electron chi connectivity index (χ1n) is 8.22. The van der Waals surface area contributed by atoms with Gasteiger partial charge in [-0.15, -0.1) is 0 Å². The Balaban J connectivity index is 2.45. The molecule has 0 saturated carbocycles. The Morgan fingerprint density at radius 1 is 1.27 bits per heavy atom. The second kappa shape index (κ2) is 6.99. The molecule has 0 spiro atoms. The molecule has 0 bridgehead atoms. The third kappa shape index (κ3) is 3.34. The van der Waals surface area contributed by atoms with Gasteiger partial charge in [0.15, 0.2) is 6.29 Å². The summed E-state index contributed by atoms with van der Waals surface area (Å²) in [6.07, 6.45) is 3.30. The van der Waals surface area contributed by atoms with Gasteiger partial charge in [0.2, 0.25) is 0 Å². The van der Waals surface area contributed by atoms with E-state index >= 15 is 0 Å². The number of carbonyl (C=O) groups excluding carboxylic acids is 1. The molecule has 3 heteroatoms. The first-order chi connectivity index (χ1) is 10.5. The van der Waals surface area contributed by atoms with Gasteiger partial charge in [-0.2, -0.15) is 0 Å².